The van der Waals surface area contributed by atoms with Gasteiger partial charge in [-0.3, -0.25) is 9.59 Å². The van der Waals surface area contributed by atoms with E-state index in [1.165, 1.54) is 6.92 Å². The minimum atomic E-state index is -1.11. The van der Waals surface area contributed by atoms with Crippen molar-refractivity contribution in [3.8, 4) is 0 Å². The molecule has 262 valence electrons. The summed E-state index contributed by atoms with van der Waals surface area (Å²) in [7, 11) is 0. The standard InChI is InChI=1S/C42H58O6/c1-29(18-14-19-31(3)22-23-37-38(6,7)26-35(47-33(5)43)27-40(37,10)46)16-12-13-17-30(2)20-15-21-32(4)36(45)28-42-39(8,9)24-34(44)25-41(42,11)48-42/h12-22,34-35,44,46H,24-28H2,1-11H3/b13-12+,18-14+,20-15+,29-16+,30-17+,31-19+,32-21+/t23?,34-,35+,40-,41+,42-/m1/s1. The van der Waals surface area contributed by atoms with E-state index < -0.39 is 16.8 Å². The van der Waals surface area contributed by atoms with Gasteiger partial charge < -0.3 is 19.7 Å². The Hall–Kier alpha value is -3.28. The highest BCUT2D eigenvalue weighted by molar-refractivity contribution is 5.96. The molecule has 3 fully saturated rings. The number of hydrogen-bond donors (Lipinski definition) is 2. The van der Waals surface area contributed by atoms with E-state index in [1.54, 1.807) is 6.92 Å². The Morgan fingerprint density at radius 2 is 1.38 bits per heavy atom. The molecule has 0 aromatic heterocycles. The van der Waals surface area contributed by atoms with E-state index in [-0.39, 0.29) is 34.8 Å². The van der Waals surface area contributed by atoms with Crippen LogP contribution in [-0.4, -0.2) is 51.0 Å². The maximum atomic E-state index is 13.1. The van der Waals surface area contributed by atoms with Crippen LogP contribution >= 0.6 is 0 Å². The monoisotopic (exact) mass is 658 g/mol. The molecule has 0 aromatic rings. The van der Waals surface area contributed by atoms with Gasteiger partial charge in [0.1, 0.15) is 11.7 Å². The van der Waals surface area contributed by atoms with Gasteiger partial charge >= 0.3 is 5.97 Å². The molecule has 3 aliphatic rings. The van der Waals surface area contributed by atoms with Gasteiger partial charge in [0.25, 0.3) is 0 Å². The lowest BCUT2D eigenvalue weighted by molar-refractivity contribution is -0.152. The molecule has 3 rings (SSSR count). The zero-order chi connectivity index (χ0) is 36.1. The lowest BCUT2D eigenvalue weighted by Crippen LogP contribution is -2.48. The van der Waals surface area contributed by atoms with E-state index in [0.717, 1.165) is 22.3 Å². The number of esters is 1. The summed E-state index contributed by atoms with van der Waals surface area (Å²) in [4.78, 5) is 24.5. The summed E-state index contributed by atoms with van der Waals surface area (Å²) in [6, 6.07) is 0. The number of carbonyl (C=O) groups excluding carboxylic acids is 2. The molecule has 6 heteroatoms. The number of allylic oxidation sites excluding steroid dienone is 14. The first-order chi connectivity index (χ1) is 22.1. The molecule has 2 saturated carbocycles. The quantitative estimate of drug-likeness (QED) is 0.0758. The predicted molar refractivity (Wildman–Crippen MR) is 194 cm³/mol. The molecule has 0 aromatic carbocycles. The van der Waals surface area contributed by atoms with Crippen LogP contribution in [0.25, 0.3) is 0 Å². The molecule has 2 N–H and O–H groups in total. The van der Waals surface area contributed by atoms with E-state index in [1.807, 2.05) is 115 Å². The van der Waals surface area contributed by atoms with Crippen molar-refractivity contribution < 1.29 is 29.3 Å². The second-order valence-corrected chi connectivity index (χ2v) is 15.9. The maximum absolute atomic E-state index is 13.1. The van der Waals surface area contributed by atoms with Crippen LogP contribution in [0.15, 0.2) is 100 Å². The fourth-order valence-corrected chi connectivity index (χ4v) is 7.76. The van der Waals surface area contributed by atoms with E-state index >= 15 is 0 Å². The van der Waals surface area contributed by atoms with Crippen LogP contribution in [0, 0.1) is 10.8 Å². The van der Waals surface area contributed by atoms with Gasteiger partial charge in [0.2, 0.25) is 0 Å². The molecule has 5 atom stereocenters. The molecule has 0 spiro atoms. The molecule has 6 nitrogen and oxygen atoms in total. The van der Waals surface area contributed by atoms with Gasteiger partial charge in [0, 0.05) is 31.8 Å². The Kier molecular flexibility index (Phi) is 12.3. The third-order valence-corrected chi connectivity index (χ3v) is 10.1. The van der Waals surface area contributed by atoms with Crippen LogP contribution in [0.3, 0.4) is 0 Å². The molecule has 48 heavy (non-hydrogen) atoms. The van der Waals surface area contributed by atoms with Crippen molar-refractivity contribution in [1.29, 1.82) is 0 Å². The number of rotatable bonds is 11. The van der Waals surface area contributed by atoms with Crippen LogP contribution in [0.5, 0.6) is 0 Å². The lowest BCUT2D eigenvalue weighted by Gasteiger charge is -2.44. The van der Waals surface area contributed by atoms with E-state index in [9.17, 15) is 19.8 Å². The topological polar surface area (TPSA) is 96.4 Å². The van der Waals surface area contributed by atoms with Gasteiger partial charge in [0.05, 0.1) is 17.3 Å². The van der Waals surface area contributed by atoms with Crippen molar-refractivity contribution in [3.05, 3.63) is 100 Å². The average molecular weight is 659 g/mol. The van der Waals surface area contributed by atoms with Gasteiger partial charge in [-0.25, -0.2) is 0 Å². The summed E-state index contributed by atoms with van der Waals surface area (Å²) in [6.07, 6.45) is 23.6. The minimum absolute atomic E-state index is 0.0816. The fourth-order valence-electron chi connectivity index (χ4n) is 7.76. The Morgan fingerprint density at radius 3 is 1.92 bits per heavy atom. The van der Waals surface area contributed by atoms with Crippen molar-refractivity contribution in [1.82, 2.24) is 0 Å². The highest BCUT2D eigenvalue weighted by Gasteiger charge is 2.76. The SMILES string of the molecule is CC(=O)O[C@H]1CC(C)(C)C(=C=C/C(C)=C/C=C/C(C)=C/C=C/C=C(C)/C=C/C=C(\C)C(=O)C[C@]23O[C@@]2(C)C[C@H](O)CC3(C)C)[C@](C)(O)C1. The minimum Gasteiger partial charge on any atom is -0.462 e. The molecule has 0 unspecified atom stereocenters. The molecule has 0 amide bonds. The zero-order valence-corrected chi connectivity index (χ0v) is 31.1. The van der Waals surface area contributed by atoms with Gasteiger partial charge in [-0.15, -0.1) is 5.73 Å². The molecule has 1 heterocycles. The third kappa shape index (κ3) is 9.66. The summed E-state index contributed by atoms with van der Waals surface area (Å²) in [5.41, 5.74) is 5.35. The number of ketones is 1. The van der Waals surface area contributed by atoms with Crippen molar-refractivity contribution in [2.24, 2.45) is 10.8 Å². The number of aliphatic hydroxyl groups is 2. The first-order valence-electron chi connectivity index (χ1n) is 17.1. The van der Waals surface area contributed by atoms with E-state index in [4.69, 9.17) is 9.47 Å². The smallest absolute Gasteiger partial charge is 0.302 e. The third-order valence-electron chi connectivity index (χ3n) is 10.1. The molecular formula is C42H58O6. The summed E-state index contributed by atoms with van der Waals surface area (Å²) in [5, 5.41) is 21.4. The van der Waals surface area contributed by atoms with Crippen molar-refractivity contribution in [2.45, 2.75) is 137 Å². The first-order valence-corrected chi connectivity index (χ1v) is 17.1. The Morgan fingerprint density at radius 1 is 0.812 bits per heavy atom. The first kappa shape index (κ1) is 39.2. The summed E-state index contributed by atoms with van der Waals surface area (Å²) in [6.45, 7) is 21.4. The summed E-state index contributed by atoms with van der Waals surface area (Å²) >= 11 is 0. The molecule has 1 saturated heterocycles. The second kappa shape index (κ2) is 15.1. The highest BCUT2D eigenvalue weighted by atomic mass is 16.6. The number of ether oxygens (including phenoxy) is 2. The number of carbonyl (C=O) groups is 2. The average Bonchev–Trinajstić information content (AvgIpc) is 3.53. The normalized spacial score (nSPS) is 32.4. The van der Waals surface area contributed by atoms with E-state index in [0.29, 0.717) is 37.7 Å². The largest absolute Gasteiger partial charge is 0.462 e. The zero-order valence-electron chi connectivity index (χ0n) is 31.1. The molecule has 1 aliphatic heterocycles. The van der Waals surface area contributed by atoms with Crippen molar-refractivity contribution in [2.75, 3.05) is 0 Å². The van der Waals surface area contributed by atoms with E-state index in [2.05, 4.69) is 19.6 Å². The summed E-state index contributed by atoms with van der Waals surface area (Å²) < 4.78 is 11.6. The van der Waals surface area contributed by atoms with Gasteiger partial charge in [-0.05, 0) is 82.4 Å². The summed E-state index contributed by atoms with van der Waals surface area (Å²) in [5.74, 6) is -0.244. The number of fused-ring (bicyclic) bond motifs is 1. The lowest BCUT2D eigenvalue weighted by atomic mass is 9.61. The molecule has 0 radical (unpaired) electrons. The van der Waals surface area contributed by atoms with Crippen LogP contribution in [0.2, 0.25) is 0 Å². The van der Waals surface area contributed by atoms with Gasteiger partial charge in [0.15, 0.2) is 5.78 Å². The number of Topliss-reactive ketones (excluding diaryl/α,β-unsaturated/α-hetero) is 1. The predicted octanol–water partition coefficient (Wildman–Crippen LogP) is 8.69. The van der Waals surface area contributed by atoms with Crippen molar-refractivity contribution in [3.63, 3.8) is 0 Å². The van der Waals surface area contributed by atoms with Crippen LogP contribution in [-0.2, 0) is 19.1 Å². The number of aliphatic hydroxyl groups excluding tert-OH is 1. The fraction of sp³-hybridized carbons (Fsp3) is 0.548. The molecule has 0 bridgehead atoms. The van der Waals surface area contributed by atoms with Crippen LogP contribution < -0.4 is 0 Å². The Labute approximate surface area is 289 Å². The van der Waals surface area contributed by atoms with Crippen LogP contribution in [0.4, 0.5) is 0 Å². The van der Waals surface area contributed by atoms with Crippen LogP contribution in [0.1, 0.15) is 108 Å². The Balaban J connectivity index is 1.54. The highest BCUT2D eigenvalue weighted by Crippen LogP contribution is 2.67. The maximum Gasteiger partial charge on any atom is 0.302 e. The molecule has 2 aliphatic carbocycles. The van der Waals surface area contributed by atoms with Crippen molar-refractivity contribution >= 4 is 11.8 Å². The number of epoxide rings is 1. The molecular weight excluding hydrogens is 600 g/mol. The van der Waals surface area contributed by atoms with Gasteiger partial charge in [-0.1, -0.05) is 99.6 Å². The van der Waals surface area contributed by atoms with Gasteiger partial charge in [-0.2, -0.15) is 0 Å². The second-order valence-electron chi connectivity index (χ2n) is 15.9. The number of hydrogen-bond acceptors (Lipinski definition) is 6. The Bertz CT molecular complexity index is 1510.